The zero-order valence-electron chi connectivity index (χ0n) is 7.00. The van der Waals surface area contributed by atoms with Crippen LogP contribution in [-0.4, -0.2) is 27.6 Å². The van der Waals surface area contributed by atoms with Crippen LogP contribution < -0.4 is 0 Å². The summed E-state index contributed by atoms with van der Waals surface area (Å²) in [6.07, 6.45) is 2.83. The monoisotopic (exact) mass is 238 g/mol. The Kier molecular flexibility index (Phi) is 7.50. The van der Waals surface area contributed by atoms with Crippen molar-refractivity contribution in [3.8, 4) is 0 Å². The lowest BCUT2D eigenvalue weighted by atomic mass is 10.1. The van der Waals surface area contributed by atoms with Gasteiger partial charge in [0.2, 0.25) is 0 Å². The first-order valence-corrected chi connectivity index (χ1v) is 5.24. The van der Waals surface area contributed by atoms with Crippen molar-refractivity contribution in [3.05, 3.63) is 0 Å². The predicted molar refractivity (Wildman–Crippen MR) is 50.5 cm³/mol. The number of halogens is 1. The number of alkyl halides is 1. The second kappa shape index (κ2) is 7.55. The number of aliphatic hydroxyl groups is 1. The molecule has 12 heavy (non-hydrogen) atoms. The molecule has 0 saturated carbocycles. The van der Waals surface area contributed by atoms with E-state index in [1.807, 2.05) is 0 Å². The normalized spacial score (nSPS) is 12.8. The number of hydrogen-bond donors (Lipinski definition) is 2. The van der Waals surface area contributed by atoms with Crippen molar-refractivity contribution in [3.63, 3.8) is 0 Å². The summed E-state index contributed by atoms with van der Waals surface area (Å²) < 4.78 is 0. The minimum absolute atomic E-state index is 0.209. The first-order valence-electron chi connectivity index (χ1n) is 4.12. The number of unbranched alkanes of at least 4 members (excludes halogenated alkanes) is 1. The molecule has 0 fully saturated rings. The Labute approximate surface area is 80.9 Å². The van der Waals surface area contributed by atoms with Crippen LogP contribution in [0.15, 0.2) is 0 Å². The molecule has 1 atom stereocenters. The maximum atomic E-state index is 10.1. The SMILES string of the molecule is O=C(O)CCCCC(O)CCBr. The van der Waals surface area contributed by atoms with Gasteiger partial charge in [-0.15, -0.1) is 0 Å². The standard InChI is InChI=1S/C8H15BrO3/c9-6-5-7(10)3-1-2-4-8(11)12/h7,10H,1-6H2,(H,11,12). The minimum atomic E-state index is -0.759. The molecule has 0 aliphatic carbocycles. The molecule has 0 saturated heterocycles. The topological polar surface area (TPSA) is 57.5 Å². The smallest absolute Gasteiger partial charge is 0.303 e. The van der Waals surface area contributed by atoms with Crippen molar-refractivity contribution < 1.29 is 15.0 Å². The predicted octanol–water partition coefficient (Wildman–Crippen LogP) is 1.78. The summed E-state index contributed by atoms with van der Waals surface area (Å²) >= 11 is 3.23. The highest BCUT2D eigenvalue weighted by Crippen LogP contribution is 2.07. The molecule has 0 spiro atoms. The lowest BCUT2D eigenvalue weighted by Crippen LogP contribution is -2.06. The largest absolute Gasteiger partial charge is 0.481 e. The molecular weight excluding hydrogens is 224 g/mol. The minimum Gasteiger partial charge on any atom is -0.481 e. The van der Waals surface area contributed by atoms with E-state index in [2.05, 4.69) is 15.9 Å². The highest BCUT2D eigenvalue weighted by molar-refractivity contribution is 9.09. The third kappa shape index (κ3) is 8.01. The maximum absolute atomic E-state index is 10.1. The lowest BCUT2D eigenvalue weighted by Gasteiger charge is -2.06. The molecule has 3 nitrogen and oxygen atoms in total. The summed E-state index contributed by atoms with van der Waals surface area (Å²) in [5, 5.41) is 18.3. The molecule has 2 N–H and O–H groups in total. The van der Waals surface area contributed by atoms with Crippen LogP contribution in [0.25, 0.3) is 0 Å². The summed E-state index contributed by atoms with van der Waals surface area (Å²) in [5.74, 6) is -0.759. The van der Waals surface area contributed by atoms with E-state index in [0.29, 0.717) is 12.8 Å². The van der Waals surface area contributed by atoms with Crippen LogP contribution in [0.4, 0.5) is 0 Å². The molecule has 0 rings (SSSR count). The summed E-state index contributed by atoms with van der Waals surface area (Å²) in [4.78, 5) is 10.1. The Morgan fingerprint density at radius 3 is 2.50 bits per heavy atom. The van der Waals surface area contributed by atoms with E-state index in [1.165, 1.54) is 0 Å². The van der Waals surface area contributed by atoms with Crippen molar-refractivity contribution in [1.29, 1.82) is 0 Å². The van der Waals surface area contributed by atoms with Crippen LogP contribution in [0.1, 0.15) is 32.1 Å². The van der Waals surface area contributed by atoms with Crippen LogP contribution >= 0.6 is 15.9 Å². The molecule has 0 aromatic heterocycles. The van der Waals surface area contributed by atoms with E-state index in [9.17, 15) is 9.90 Å². The number of carboxylic acids is 1. The fourth-order valence-electron chi connectivity index (χ4n) is 0.926. The average molecular weight is 239 g/mol. The fraction of sp³-hybridized carbons (Fsp3) is 0.875. The second-order valence-electron chi connectivity index (χ2n) is 2.77. The van der Waals surface area contributed by atoms with Gasteiger partial charge in [0.15, 0.2) is 0 Å². The summed E-state index contributed by atoms with van der Waals surface area (Å²) in [7, 11) is 0. The van der Waals surface area contributed by atoms with Crippen molar-refractivity contribution in [2.24, 2.45) is 0 Å². The molecule has 0 aromatic rings. The van der Waals surface area contributed by atoms with Gasteiger partial charge in [-0.1, -0.05) is 22.4 Å². The molecule has 0 aromatic carbocycles. The molecule has 0 heterocycles. The number of aliphatic hydroxyl groups excluding tert-OH is 1. The van der Waals surface area contributed by atoms with Gasteiger partial charge in [0.05, 0.1) is 6.10 Å². The van der Waals surface area contributed by atoms with Gasteiger partial charge in [-0.05, 0) is 19.3 Å². The second-order valence-corrected chi connectivity index (χ2v) is 3.56. The van der Waals surface area contributed by atoms with Crippen LogP contribution in [0, 0.1) is 0 Å². The number of aliphatic carboxylic acids is 1. The van der Waals surface area contributed by atoms with Crippen LogP contribution in [-0.2, 0) is 4.79 Å². The molecule has 0 aliphatic rings. The quantitative estimate of drug-likeness (QED) is 0.526. The lowest BCUT2D eigenvalue weighted by molar-refractivity contribution is -0.137. The van der Waals surface area contributed by atoms with E-state index in [1.54, 1.807) is 0 Å². The first kappa shape index (κ1) is 11.9. The van der Waals surface area contributed by atoms with E-state index >= 15 is 0 Å². The highest BCUT2D eigenvalue weighted by atomic mass is 79.9. The van der Waals surface area contributed by atoms with Crippen molar-refractivity contribution in [1.82, 2.24) is 0 Å². The van der Waals surface area contributed by atoms with Gasteiger partial charge in [0.1, 0.15) is 0 Å². The van der Waals surface area contributed by atoms with Gasteiger partial charge in [0.25, 0.3) is 0 Å². The summed E-state index contributed by atoms with van der Waals surface area (Å²) in [6, 6.07) is 0. The Morgan fingerprint density at radius 2 is 2.00 bits per heavy atom. The van der Waals surface area contributed by atoms with Gasteiger partial charge in [0, 0.05) is 11.8 Å². The number of carboxylic acid groups (broad SMARTS) is 1. The first-order chi connectivity index (χ1) is 5.66. The van der Waals surface area contributed by atoms with Crippen LogP contribution in [0.3, 0.4) is 0 Å². The average Bonchev–Trinajstić information content (AvgIpc) is 1.98. The highest BCUT2D eigenvalue weighted by Gasteiger charge is 2.03. The molecule has 72 valence electrons. The van der Waals surface area contributed by atoms with Crippen molar-refractivity contribution in [2.45, 2.75) is 38.2 Å². The zero-order chi connectivity index (χ0) is 9.40. The van der Waals surface area contributed by atoms with Gasteiger partial charge in [-0.3, -0.25) is 4.79 Å². The summed E-state index contributed by atoms with van der Waals surface area (Å²) in [5.41, 5.74) is 0. The third-order valence-corrected chi connectivity index (χ3v) is 2.08. The van der Waals surface area contributed by atoms with E-state index in [0.717, 1.165) is 18.2 Å². The molecule has 0 amide bonds. The van der Waals surface area contributed by atoms with Gasteiger partial charge in [-0.2, -0.15) is 0 Å². The Morgan fingerprint density at radius 1 is 1.33 bits per heavy atom. The fourth-order valence-corrected chi connectivity index (χ4v) is 1.45. The molecule has 0 bridgehead atoms. The number of hydrogen-bond acceptors (Lipinski definition) is 2. The van der Waals surface area contributed by atoms with Crippen LogP contribution in [0.2, 0.25) is 0 Å². The Balaban J connectivity index is 3.13. The Bertz CT molecular complexity index is 127. The number of rotatable bonds is 7. The Hall–Kier alpha value is -0.0900. The van der Waals surface area contributed by atoms with Crippen molar-refractivity contribution >= 4 is 21.9 Å². The number of carbonyl (C=O) groups is 1. The molecule has 1 unspecified atom stereocenters. The van der Waals surface area contributed by atoms with Gasteiger partial charge in [-0.25, -0.2) is 0 Å². The summed E-state index contributed by atoms with van der Waals surface area (Å²) in [6.45, 7) is 0. The van der Waals surface area contributed by atoms with Gasteiger partial charge < -0.3 is 10.2 Å². The zero-order valence-corrected chi connectivity index (χ0v) is 8.59. The van der Waals surface area contributed by atoms with Gasteiger partial charge >= 0.3 is 5.97 Å². The molecule has 0 radical (unpaired) electrons. The maximum Gasteiger partial charge on any atom is 0.303 e. The molecular formula is C8H15BrO3. The van der Waals surface area contributed by atoms with E-state index in [-0.39, 0.29) is 12.5 Å². The van der Waals surface area contributed by atoms with E-state index < -0.39 is 5.97 Å². The third-order valence-electron chi connectivity index (χ3n) is 1.62. The van der Waals surface area contributed by atoms with Crippen molar-refractivity contribution in [2.75, 3.05) is 5.33 Å². The molecule has 0 aliphatic heterocycles. The molecule has 4 heteroatoms. The van der Waals surface area contributed by atoms with E-state index in [4.69, 9.17) is 5.11 Å². The van der Waals surface area contributed by atoms with Crippen LogP contribution in [0.5, 0.6) is 0 Å².